The van der Waals surface area contributed by atoms with Crippen molar-refractivity contribution < 1.29 is 4.70 Å². The third-order valence-electron chi connectivity index (χ3n) is 7.46. The molecule has 2 nitrogen and oxygen atoms in total. The van der Waals surface area contributed by atoms with Crippen molar-refractivity contribution in [1.82, 2.24) is 0 Å². The normalized spacial score (nSPS) is 13.8. The second-order valence-electron chi connectivity index (χ2n) is 10.5. The molecule has 0 fully saturated rings. The summed E-state index contributed by atoms with van der Waals surface area (Å²) >= 11 is 0. The smallest absolute Gasteiger partial charge is 0.211 e. The van der Waals surface area contributed by atoms with Crippen LogP contribution in [-0.4, -0.2) is 4.70 Å². The molecule has 2 heteroatoms. The van der Waals surface area contributed by atoms with Gasteiger partial charge in [-0.05, 0) is 86.8 Å². The van der Waals surface area contributed by atoms with Crippen LogP contribution in [0.5, 0.6) is 0 Å². The molecule has 2 aromatic rings. The molecule has 0 saturated heterocycles. The Kier molecular flexibility index (Phi) is 11.7. The van der Waals surface area contributed by atoms with E-state index in [2.05, 4.69) is 76.2 Å². The molecule has 194 valence electrons. The molecule has 0 atom stereocenters. The Balaban J connectivity index is 2.09. The van der Waals surface area contributed by atoms with Crippen LogP contribution in [0, 0.1) is 0 Å². The van der Waals surface area contributed by atoms with E-state index in [9.17, 15) is 5.53 Å². The highest BCUT2D eigenvalue weighted by atomic mass is 15.2. The van der Waals surface area contributed by atoms with Gasteiger partial charge in [0.05, 0.1) is 0 Å². The predicted octanol–water partition coefficient (Wildman–Crippen LogP) is 10.7. The van der Waals surface area contributed by atoms with Crippen LogP contribution in [0.25, 0.3) is 16.9 Å². The minimum atomic E-state index is 1.02. The molecular formula is C34H48N2. The number of allylic oxidation sites excluding steroid dienone is 2. The molecule has 2 aromatic carbocycles. The first-order valence-electron chi connectivity index (χ1n) is 14.8. The molecule has 0 spiro atoms. The Morgan fingerprint density at radius 2 is 0.972 bits per heavy atom. The van der Waals surface area contributed by atoms with Gasteiger partial charge >= 0.3 is 0 Å². The first-order chi connectivity index (χ1) is 17.6. The number of aryl methyl sites for hydroxylation is 2. The predicted molar refractivity (Wildman–Crippen MR) is 156 cm³/mol. The number of hydrogen-bond acceptors (Lipinski definition) is 0. The zero-order valence-corrected chi connectivity index (χ0v) is 23.4. The summed E-state index contributed by atoms with van der Waals surface area (Å²) < 4.78 is 1.55. The van der Waals surface area contributed by atoms with Crippen molar-refractivity contribution >= 4 is 11.4 Å². The Bertz CT molecular complexity index is 1060. The molecule has 36 heavy (non-hydrogen) atoms. The summed E-state index contributed by atoms with van der Waals surface area (Å²) in [5, 5.41) is 0. The second kappa shape index (κ2) is 14.9. The molecule has 0 N–H and O–H groups in total. The molecular weight excluding hydrogens is 436 g/mol. The van der Waals surface area contributed by atoms with Crippen LogP contribution in [-0.2, 0) is 12.8 Å². The van der Waals surface area contributed by atoms with E-state index in [-0.39, 0.29) is 0 Å². The van der Waals surface area contributed by atoms with Gasteiger partial charge in [-0.15, -0.1) is 0 Å². The largest absolute Gasteiger partial charge is 0.493 e. The Hall–Kier alpha value is -2.48. The zero-order chi connectivity index (χ0) is 25.8. The van der Waals surface area contributed by atoms with Gasteiger partial charge in [0.2, 0.25) is 11.4 Å². The molecule has 0 aromatic heterocycles. The van der Waals surface area contributed by atoms with Gasteiger partial charge in [0.1, 0.15) is 0 Å². The lowest BCUT2D eigenvalue weighted by molar-refractivity contribution is -0.345. The first kappa shape index (κ1) is 28.1. The van der Waals surface area contributed by atoms with E-state index in [4.69, 9.17) is 0 Å². The number of nitrogens with zero attached hydrogens (tertiary/aromatic N) is 2. The van der Waals surface area contributed by atoms with Crippen LogP contribution in [0.3, 0.4) is 0 Å². The van der Waals surface area contributed by atoms with E-state index in [1.165, 1.54) is 73.6 Å². The van der Waals surface area contributed by atoms with E-state index in [1.54, 1.807) is 4.70 Å². The molecule has 3 rings (SSSR count). The number of unbranched alkanes of at least 4 members (excludes halogenated alkanes) is 6. The van der Waals surface area contributed by atoms with Crippen LogP contribution in [0.15, 0.2) is 59.7 Å². The topological polar surface area (TPSA) is 25.3 Å². The zero-order valence-electron chi connectivity index (χ0n) is 23.4. The molecule has 1 aliphatic rings. The van der Waals surface area contributed by atoms with E-state index in [0.717, 1.165) is 61.0 Å². The fraction of sp³-hybridized carbons (Fsp3) is 0.529. The van der Waals surface area contributed by atoms with Crippen molar-refractivity contribution in [1.29, 1.82) is 0 Å². The number of rotatable bonds is 16. The highest BCUT2D eigenvalue weighted by Gasteiger charge is 2.35. The molecule has 0 amide bonds. The summed E-state index contributed by atoms with van der Waals surface area (Å²) in [6, 6.07) is 17.8. The Morgan fingerprint density at radius 1 is 0.528 bits per heavy atom. The Labute approximate surface area is 221 Å². The lowest BCUT2D eigenvalue weighted by Crippen LogP contribution is -2.03. The third kappa shape index (κ3) is 7.28. The average molecular weight is 485 g/mol. The molecule has 0 bridgehead atoms. The average Bonchev–Trinajstić information content (AvgIpc) is 3.18. The van der Waals surface area contributed by atoms with Crippen molar-refractivity contribution in [3.63, 3.8) is 0 Å². The van der Waals surface area contributed by atoms with Crippen LogP contribution in [0.2, 0.25) is 0 Å². The maximum atomic E-state index is 11.8. The molecule has 0 unspecified atom stereocenters. The van der Waals surface area contributed by atoms with Gasteiger partial charge in [0.15, 0.2) is 0 Å². The molecule has 0 aliphatic carbocycles. The standard InChI is InChI=1S/C34H48N2/c1-5-9-13-14-24-32-31(23-12-8-4)33(29-21-15-19-27(25-29)17-10-6-2)36(35)34(32)30-22-16-20-28(26-30)18-11-7-3/h15-16,19-22,25-26H,5-14,17-18,23-24H2,1-4H3. The first-order valence-corrected chi connectivity index (χ1v) is 14.8. The van der Waals surface area contributed by atoms with Crippen molar-refractivity contribution in [2.75, 3.05) is 0 Å². The van der Waals surface area contributed by atoms with Gasteiger partial charge in [-0.3, -0.25) is 0 Å². The minimum Gasteiger partial charge on any atom is -0.493 e. The summed E-state index contributed by atoms with van der Waals surface area (Å²) in [7, 11) is 0. The van der Waals surface area contributed by atoms with Crippen molar-refractivity contribution in [2.24, 2.45) is 0 Å². The lowest BCUT2D eigenvalue weighted by Gasteiger charge is -2.11. The third-order valence-corrected chi connectivity index (χ3v) is 7.46. The van der Waals surface area contributed by atoms with Crippen LogP contribution >= 0.6 is 0 Å². The van der Waals surface area contributed by atoms with E-state index < -0.39 is 0 Å². The highest BCUT2D eigenvalue weighted by Crippen LogP contribution is 2.44. The van der Waals surface area contributed by atoms with Gasteiger partial charge in [-0.1, -0.05) is 90.5 Å². The van der Waals surface area contributed by atoms with E-state index in [0.29, 0.717) is 0 Å². The van der Waals surface area contributed by atoms with Gasteiger partial charge < -0.3 is 5.53 Å². The SMILES string of the molecule is CCCCCCC1=C(c2cccc(CCCC)c2)[N+](=[N-])C(c2cccc(CCCC)c2)=C1CCCC. The fourth-order valence-corrected chi connectivity index (χ4v) is 5.38. The van der Waals surface area contributed by atoms with Crippen molar-refractivity contribution in [2.45, 2.75) is 118 Å². The quantitative estimate of drug-likeness (QED) is 0.167. The van der Waals surface area contributed by atoms with Gasteiger partial charge in [0, 0.05) is 22.3 Å². The number of benzene rings is 2. The summed E-state index contributed by atoms with van der Waals surface area (Å²) in [5.41, 5.74) is 21.6. The fourth-order valence-electron chi connectivity index (χ4n) is 5.38. The molecule has 0 saturated carbocycles. The maximum Gasteiger partial charge on any atom is 0.211 e. The van der Waals surface area contributed by atoms with E-state index in [1.807, 2.05) is 0 Å². The van der Waals surface area contributed by atoms with Crippen LogP contribution in [0.4, 0.5) is 0 Å². The summed E-state index contributed by atoms with van der Waals surface area (Å²) in [6.07, 6.45) is 16.3. The highest BCUT2D eigenvalue weighted by molar-refractivity contribution is 5.82. The number of hydrogen-bond donors (Lipinski definition) is 0. The van der Waals surface area contributed by atoms with Crippen LogP contribution < -0.4 is 0 Å². The second-order valence-corrected chi connectivity index (χ2v) is 10.5. The van der Waals surface area contributed by atoms with Gasteiger partial charge in [0.25, 0.3) is 0 Å². The van der Waals surface area contributed by atoms with Crippen molar-refractivity contribution in [3.05, 3.63) is 87.5 Å². The Morgan fingerprint density at radius 3 is 1.44 bits per heavy atom. The van der Waals surface area contributed by atoms with Crippen LogP contribution in [0.1, 0.15) is 127 Å². The van der Waals surface area contributed by atoms with Crippen molar-refractivity contribution in [3.8, 4) is 0 Å². The maximum absolute atomic E-state index is 11.8. The monoisotopic (exact) mass is 484 g/mol. The molecule has 1 aliphatic heterocycles. The van der Waals surface area contributed by atoms with E-state index >= 15 is 0 Å². The summed E-state index contributed by atoms with van der Waals surface area (Å²) in [4.78, 5) is 0. The van der Waals surface area contributed by atoms with Gasteiger partial charge in [-0.2, -0.15) is 0 Å². The minimum absolute atomic E-state index is 1.02. The lowest BCUT2D eigenvalue weighted by atomic mass is 9.91. The summed E-state index contributed by atoms with van der Waals surface area (Å²) in [6.45, 7) is 9.03. The van der Waals surface area contributed by atoms with Gasteiger partial charge in [-0.25, -0.2) is 4.70 Å². The summed E-state index contributed by atoms with van der Waals surface area (Å²) in [5.74, 6) is 0. The molecule has 1 heterocycles. The molecule has 0 radical (unpaired) electrons.